The molecule has 1 unspecified atom stereocenters. The van der Waals surface area contributed by atoms with Crippen LogP contribution in [-0.4, -0.2) is 40.5 Å². The van der Waals surface area contributed by atoms with E-state index >= 15 is 0 Å². The Kier molecular flexibility index (Phi) is 4.83. The molecule has 5 rings (SSSR count). The first-order valence-corrected chi connectivity index (χ1v) is 10.5. The second kappa shape index (κ2) is 7.65. The number of rotatable bonds is 3. The molecule has 30 heavy (non-hydrogen) atoms. The predicted octanol–water partition coefficient (Wildman–Crippen LogP) is 3.70. The number of carbonyl (C=O) groups excluding carboxylic acids is 1. The van der Waals surface area contributed by atoms with Gasteiger partial charge in [-0.1, -0.05) is 60.7 Å². The number of ether oxygens (including phenoxy) is 1. The smallest absolute Gasteiger partial charge is 0.227 e. The van der Waals surface area contributed by atoms with Crippen LogP contribution in [0.2, 0.25) is 0 Å². The van der Waals surface area contributed by atoms with Crippen molar-refractivity contribution in [2.45, 2.75) is 31.8 Å². The van der Waals surface area contributed by atoms with Crippen molar-refractivity contribution in [3.8, 4) is 11.4 Å². The summed E-state index contributed by atoms with van der Waals surface area (Å²) >= 11 is 0. The summed E-state index contributed by atoms with van der Waals surface area (Å²) in [7, 11) is 0. The summed E-state index contributed by atoms with van der Waals surface area (Å²) in [5.41, 5.74) is 4.92. The Balaban J connectivity index is 1.45. The number of aromatic nitrogens is 2. The molecule has 0 aliphatic carbocycles. The van der Waals surface area contributed by atoms with Gasteiger partial charge >= 0.3 is 0 Å². The summed E-state index contributed by atoms with van der Waals surface area (Å²) in [5.74, 6) is 0.918. The highest BCUT2D eigenvalue weighted by Gasteiger charge is 2.46. The third-order valence-electron chi connectivity index (χ3n) is 6.28. The van der Waals surface area contributed by atoms with Gasteiger partial charge in [0.2, 0.25) is 5.91 Å². The van der Waals surface area contributed by atoms with Crippen molar-refractivity contribution in [2.24, 2.45) is 0 Å². The van der Waals surface area contributed by atoms with E-state index < -0.39 is 0 Å². The molecule has 1 saturated heterocycles. The summed E-state index contributed by atoms with van der Waals surface area (Å²) in [6, 6.07) is 20.0. The molecular weight excluding hydrogens is 374 g/mol. The van der Waals surface area contributed by atoms with Crippen LogP contribution >= 0.6 is 0 Å². The third kappa shape index (κ3) is 3.39. The quantitative estimate of drug-likeness (QED) is 0.674. The number of hydrogen-bond donors (Lipinski definition) is 0. The van der Waals surface area contributed by atoms with Crippen LogP contribution in [0.4, 0.5) is 0 Å². The summed E-state index contributed by atoms with van der Waals surface area (Å²) in [5, 5.41) is 0. The Morgan fingerprint density at radius 2 is 1.80 bits per heavy atom. The van der Waals surface area contributed by atoms with E-state index in [4.69, 9.17) is 14.7 Å². The van der Waals surface area contributed by atoms with Gasteiger partial charge in [0.1, 0.15) is 0 Å². The number of fused-ring (bicyclic) bond motifs is 2. The fraction of sp³-hybridized carbons (Fsp3) is 0.320. The zero-order chi connectivity index (χ0) is 20.6. The highest BCUT2D eigenvalue weighted by Crippen LogP contribution is 2.40. The Morgan fingerprint density at radius 3 is 2.57 bits per heavy atom. The molecule has 3 heterocycles. The van der Waals surface area contributed by atoms with Gasteiger partial charge < -0.3 is 9.64 Å². The van der Waals surface area contributed by atoms with Gasteiger partial charge in [-0.3, -0.25) is 4.79 Å². The van der Waals surface area contributed by atoms with Crippen LogP contribution in [0.15, 0.2) is 60.7 Å². The van der Waals surface area contributed by atoms with Crippen LogP contribution in [0.5, 0.6) is 0 Å². The van der Waals surface area contributed by atoms with E-state index in [9.17, 15) is 4.79 Å². The monoisotopic (exact) mass is 399 g/mol. The Morgan fingerprint density at radius 1 is 1.07 bits per heavy atom. The molecule has 2 aromatic carbocycles. The van der Waals surface area contributed by atoms with Gasteiger partial charge in [-0.05, 0) is 18.9 Å². The second-order valence-electron chi connectivity index (χ2n) is 8.33. The minimum absolute atomic E-state index is 0.166. The van der Waals surface area contributed by atoms with Crippen LogP contribution in [-0.2, 0) is 28.0 Å². The van der Waals surface area contributed by atoms with E-state index in [-0.39, 0.29) is 11.3 Å². The summed E-state index contributed by atoms with van der Waals surface area (Å²) in [4.78, 5) is 24.7. The average molecular weight is 399 g/mol. The maximum Gasteiger partial charge on any atom is 0.227 e. The van der Waals surface area contributed by atoms with Gasteiger partial charge in [0.25, 0.3) is 0 Å². The van der Waals surface area contributed by atoms with Gasteiger partial charge in [-0.15, -0.1) is 0 Å². The molecule has 1 atom stereocenters. The lowest BCUT2D eigenvalue weighted by Crippen LogP contribution is -2.42. The van der Waals surface area contributed by atoms with Gasteiger partial charge in [0.05, 0.1) is 30.7 Å². The summed E-state index contributed by atoms with van der Waals surface area (Å²) in [6.45, 7) is 4.55. The van der Waals surface area contributed by atoms with E-state index in [0.29, 0.717) is 26.2 Å². The second-order valence-corrected chi connectivity index (χ2v) is 8.33. The molecule has 2 aliphatic heterocycles. The highest BCUT2D eigenvalue weighted by molar-refractivity contribution is 5.79. The molecule has 0 radical (unpaired) electrons. The van der Waals surface area contributed by atoms with E-state index in [1.807, 2.05) is 72.5 Å². The van der Waals surface area contributed by atoms with E-state index in [2.05, 4.69) is 0 Å². The van der Waals surface area contributed by atoms with Gasteiger partial charge in [-0.2, -0.15) is 0 Å². The molecule has 0 saturated carbocycles. The standard InChI is InChI=1S/C25H25N3O2/c1-18-21-15-30-17-25(23(21)27-24(26-18)20-10-6-3-7-11-20)12-13-28(16-25)22(29)14-19-8-4-2-5-9-19/h2-11H,12-17H2,1H3. The number of benzene rings is 2. The van der Waals surface area contributed by atoms with Crippen molar-refractivity contribution in [1.82, 2.24) is 14.9 Å². The van der Waals surface area contributed by atoms with Crippen LogP contribution < -0.4 is 0 Å². The first-order chi connectivity index (χ1) is 14.6. The molecule has 5 heteroatoms. The molecule has 2 aliphatic rings. The first kappa shape index (κ1) is 18.9. The van der Waals surface area contributed by atoms with Gasteiger partial charge in [0, 0.05) is 29.9 Å². The normalized spacial score (nSPS) is 20.4. The van der Waals surface area contributed by atoms with Crippen LogP contribution in [0, 0.1) is 6.92 Å². The molecule has 1 spiro atoms. The average Bonchev–Trinajstić information content (AvgIpc) is 3.20. The maximum absolute atomic E-state index is 13.0. The van der Waals surface area contributed by atoms with Crippen molar-refractivity contribution in [3.05, 3.63) is 83.2 Å². The zero-order valence-corrected chi connectivity index (χ0v) is 17.2. The molecule has 1 amide bonds. The third-order valence-corrected chi connectivity index (χ3v) is 6.28. The summed E-state index contributed by atoms with van der Waals surface area (Å²) < 4.78 is 5.99. The van der Waals surface area contributed by atoms with Crippen molar-refractivity contribution in [1.29, 1.82) is 0 Å². The highest BCUT2D eigenvalue weighted by atomic mass is 16.5. The van der Waals surface area contributed by atoms with Crippen molar-refractivity contribution in [2.75, 3.05) is 19.7 Å². The first-order valence-electron chi connectivity index (χ1n) is 10.5. The molecule has 5 nitrogen and oxygen atoms in total. The number of nitrogens with zero attached hydrogens (tertiary/aromatic N) is 3. The molecule has 152 valence electrons. The minimum atomic E-state index is -0.253. The Bertz CT molecular complexity index is 1070. The number of likely N-dealkylation sites (tertiary alicyclic amines) is 1. The van der Waals surface area contributed by atoms with Crippen molar-refractivity contribution in [3.63, 3.8) is 0 Å². The van der Waals surface area contributed by atoms with E-state index in [1.165, 1.54) is 0 Å². The van der Waals surface area contributed by atoms with Crippen molar-refractivity contribution >= 4 is 5.91 Å². The zero-order valence-electron chi connectivity index (χ0n) is 17.2. The molecule has 3 aromatic rings. The topological polar surface area (TPSA) is 55.3 Å². The minimum Gasteiger partial charge on any atom is -0.376 e. The summed E-state index contributed by atoms with van der Waals surface area (Å²) in [6.07, 6.45) is 1.30. The Labute approximate surface area is 176 Å². The lowest BCUT2D eigenvalue weighted by atomic mass is 9.80. The van der Waals surface area contributed by atoms with Gasteiger partial charge in [-0.25, -0.2) is 9.97 Å². The molecule has 0 bridgehead atoms. The fourth-order valence-electron chi connectivity index (χ4n) is 4.62. The van der Waals surface area contributed by atoms with Crippen LogP contribution in [0.1, 0.15) is 28.9 Å². The van der Waals surface area contributed by atoms with E-state index in [1.54, 1.807) is 0 Å². The molecule has 1 fully saturated rings. The lowest BCUT2D eigenvalue weighted by molar-refractivity contribution is -0.129. The number of aryl methyl sites for hydroxylation is 1. The molecule has 1 aromatic heterocycles. The maximum atomic E-state index is 13.0. The Hall–Kier alpha value is -3.05. The van der Waals surface area contributed by atoms with Crippen LogP contribution in [0.3, 0.4) is 0 Å². The lowest BCUT2D eigenvalue weighted by Gasteiger charge is -2.35. The molecular formula is C25H25N3O2. The van der Waals surface area contributed by atoms with Crippen molar-refractivity contribution < 1.29 is 9.53 Å². The fourth-order valence-corrected chi connectivity index (χ4v) is 4.62. The van der Waals surface area contributed by atoms with Crippen LogP contribution in [0.25, 0.3) is 11.4 Å². The molecule has 0 N–H and O–H groups in total. The number of carbonyl (C=O) groups is 1. The SMILES string of the molecule is Cc1nc(-c2ccccc2)nc2c1COCC21CCN(C(=O)Cc2ccccc2)C1. The predicted molar refractivity (Wildman–Crippen MR) is 115 cm³/mol. The number of hydrogen-bond acceptors (Lipinski definition) is 4. The van der Waals surface area contributed by atoms with Gasteiger partial charge in [0.15, 0.2) is 5.82 Å². The number of amides is 1. The largest absolute Gasteiger partial charge is 0.376 e. The van der Waals surface area contributed by atoms with E-state index in [0.717, 1.165) is 46.9 Å².